The molecule has 0 bridgehead atoms. The maximum atomic E-state index is 12.6. The van der Waals surface area contributed by atoms with E-state index in [9.17, 15) is 17.6 Å². The second-order valence-corrected chi connectivity index (χ2v) is 2.48. The van der Waals surface area contributed by atoms with Gasteiger partial charge in [-0.15, -0.1) is 0 Å². The Morgan fingerprint density at radius 1 is 1.15 bits per heavy atom. The van der Waals surface area contributed by atoms with Crippen molar-refractivity contribution in [2.75, 3.05) is 0 Å². The summed E-state index contributed by atoms with van der Waals surface area (Å²) in [6, 6.07) is 2.28. The number of halogens is 4. The lowest BCUT2D eigenvalue weighted by atomic mass is 10.1. The molecule has 0 aliphatic rings. The highest BCUT2D eigenvalue weighted by molar-refractivity contribution is 5.48. The molecule has 1 rings (SSSR count). The predicted molar refractivity (Wildman–Crippen MR) is 41.5 cm³/mol. The van der Waals surface area contributed by atoms with Crippen LogP contribution in [-0.4, -0.2) is 0 Å². The van der Waals surface area contributed by atoms with E-state index in [1.54, 1.807) is 0 Å². The predicted octanol–water partition coefficient (Wildman–Crippen LogP) is 3.49. The Labute approximate surface area is 72.5 Å². The molecule has 0 nitrogen and oxygen atoms in total. The maximum Gasteiger partial charge on any atom is 0.416 e. The third-order valence-corrected chi connectivity index (χ3v) is 1.48. The fourth-order valence-corrected chi connectivity index (χ4v) is 0.894. The first-order valence-electron chi connectivity index (χ1n) is 3.43. The SMILES string of the molecule is C=Cc1cc(F)cc(C(F)(F)F)c1. The van der Waals surface area contributed by atoms with Gasteiger partial charge in [0.15, 0.2) is 0 Å². The van der Waals surface area contributed by atoms with Gasteiger partial charge in [-0.25, -0.2) is 4.39 Å². The van der Waals surface area contributed by atoms with E-state index in [-0.39, 0.29) is 5.56 Å². The summed E-state index contributed by atoms with van der Waals surface area (Å²) in [4.78, 5) is 0. The normalized spacial score (nSPS) is 11.4. The summed E-state index contributed by atoms with van der Waals surface area (Å²) in [5.41, 5.74) is -0.880. The standard InChI is InChI=1S/C9H6F4/c1-2-6-3-7(9(11,12)13)5-8(10)4-6/h2-5H,1H2. The molecule has 0 spiro atoms. The quantitative estimate of drug-likeness (QED) is 0.594. The summed E-state index contributed by atoms with van der Waals surface area (Å²) >= 11 is 0. The maximum absolute atomic E-state index is 12.6. The first-order chi connectivity index (χ1) is 5.93. The number of hydrogen-bond acceptors (Lipinski definition) is 0. The van der Waals surface area contributed by atoms with Crippen LogP contribution in [0.25, 0.3) is 6.08 Å². The van der Waals surface area contributed by atoms with Crippen LogP contribution in [0.15, 0.2) is 24.8 Å². The Bertz CT molecular complexity index is 325. The minimum absolute atomic E-state index is 0.118. The van der Waals surface area contributed by atoms with Gasteiger partial charge in [0.05, 0.1) is 5.56 Å². The van der Waals surface area contributed by atoms with Crippen LogP contribution in [0, 0.1) is 5.82 Å². The molecule has 0 saturated heterocycles. The third-order valence-electron chi connectivity index (χ3n) is 1.48. The van der Waals surface area contributed by atoms with Gasteiger partial charge in [0.25, 0.3) is 0 Å². The second-order valence-electron chi connectivity index (χ2n) is 2.48. The average molecular weight is 190 g/mol. The molecule has 1 aromatic carbocycles. The molecule has 0 aliphatic heterocycles. The minimum Gasteiger partial charge on any atom is -0.207 e. The molecule has 0 amide bonds. The Kier molecular flexibility index (Phi) is 2.40. The Morgan fingerprint density at radius 2 is 1.77 bits per heavy atom. The van der Waals surface area contributed by atoms with E-state index in [4.69, 9.17) is 0 Å². The van der Waals surface area contributed by atoms with Gasteiger partial charge in [-0.3, -0.25) is 0 Å². The number of benzene rings is 1. The molecule has 0 aliphatic carbocycles. The molecule has 0 heterocycles. The van der Waals surface area contributed by atoms with Gasteiger partial charge in [-0.05, 0) is 23.8 Å². The van der Waals surface area contributed by atoms with Gasteiger partial charge >= 0.3 is 6.18 Å². The van der Waals surface area contributed by atoms with Gasteiger partial charge in [0.2, 0.25) is 0 Å². The zero-order chi connectivity index (χ0) is 10.1. The van der Waals surface area contributed by atoms with E-state index >= 15 is 0 Å². The summed E-state index contributed by atoms with van der Waals surface area (Å²) in [5, 5.41) is 0. The molecule has 0 aromatic heterocycles. The Balaban J connectivity index is 3.24. The highest BCUT2D eigenvalue weighted by Crippen LogP contribution is 2.30. The lowest BCUT2D eigenvalue weighted by Crippen LogP contribution is -2.05. The van der Waals surface area contributed by atoms with E-state index in [1.807, 2.05) is 0 Å². The van der Waals surface area contributed by atoms with E-state index in [0.29, 0.717) is 6.07 Å². The average Bonchev–Trinajstić information content (AvgIpc) is 2.01. The Hall–Kier alpha value is -1.32. The molecule has 0 atom stereocenters. The molecule has 0 fully saturated rings. The summed E-state index contributed by atoms with van der Waals surface area (Å²) < 4.78 is 48.8. The minimum atomic E-state index is -4.51. The monoisotopic (exact) mass is 190 g/mol. The van der Waals surface area contributed by atoms with Crippen molar-refractivity contribution >= 4 is 6.08 Å². The van der Waals surface area contributed by atoms with Crippen LogP contribution < -0.4 is 0 Å². The van der Waals surface area contributed by atoms with E-state index in [1.165, 1.54) is 6.08 Å². The van der Waals surface area contributed by atoms with Crippen molar-refractivity contribution in [3.8, 4) is 0 Å². The van der Waals surface area contributed by atoms with Crippen LogP contribution in [0.3, 0.4) is 0 Å². The zero-order valence-corrected chi connectivity index (χ0v) is 6.53. The molecular formula is C9H6F4. The molecule has 0 unspecified atom stereocenters. The molecule has 13 heavy (non-hydrogen) atoms. The van der Waals surface area contributed by atoms with Gasteiger partial charge in [0.1, 0.15) is 5.82 Å². The van der Waals surface area contributed by atoms with Crippen molar-refractivity contribution < 1.29 is 17.6 Å². The van der Waals surface area contributed by atoms with Crippen molar-refractivity contribution in [1.82, 2.24) is 0 Å². The molecule has 1 aromatic rings. The number of alkyl halides is 3. The van der Waals surface area contributed by atoms with Crippen LogP contribution in [0.1, 0.15) is 11.1 Å². The summed E-state index contributed by atoms with van der Waals surface area (Å²) in [6.07, 6.45) is -3.35. The van der Waals surface area contributed by atoms with Gasteiger partial charge in [-0.2, -0.15) is 13.2 Å². The topological polar surface area (TPSA) is 0 Å². The van der Waals surface area contributed by atoms with E-state index in [0.717, 1.165) is 12.1 Å². The third kappa shape index (κ3) is 2.31. The first-order valence-corrected chi connectivity index (χ1v) is 3.43. The number of rotatable bonds is 1. The smallest absolute Gasteiger partial charge is 0.207 e. The van der Waals surface area contributed by atoms with E-state index in [2.05, 4.69) is 6.58 Å². The highest BCUT2D eigenvalue weighted by atomic mass is 19.4. The lowest BCUT2D eigenvalue weighted by Gasteiger charge is -2.07. The van der Waals surface area contributed by atoms with Crippen LogP contribution >= 0.6 is 0 Å². The van der Waals surface area contributed by atoms with Crippen LogP contribution in [0.4, 0.5) is 17.6 Å². The van der Waals surface area contributed by atoms with E-state index < -0.39 is 17.6 Å². The van der Waals surface area contributed by atoms with Crippen molar-refractivity contribution in [1.29, 1.82) is 0 Å². The lowest BCUT2D eigenvalue weighted by molar-refractivity contribution is -0.137. The van der Waals surface area contributed by atoms with Gasteiger partial charge in [-0.1, -0.05) is 12.7 Å². The summed E-state index contributed by atoms with van der Waals surface area (Å²) in [6.45, 7) is 3.26. The molecule has 70 valence electrons. The zero-order valence-electron chi connectivity index (χ0n) is 6.53. The molecule has 0 saturated carbocycles. The van der Waals surface area contributed by atoms with Crippen molar-refractivity contribution in [3.63, 3.8) is 0 Å². The highest BCUT2D eigenvalue weighted by Gasteiger charge is 2.31. The van der Waals surface area contributed by atoms with Gasteiger partial charge < -0.3 is 0 Å². The van der Waals surface area contributed by atoms with Crippen molar-refractivity contribution in [3.05, 3.63) is 41.7 Å². The fraction of sp³-hybridized carbons (Fsp3) is 0.111. The first kappa shape index (κ1) is 9.77. The largest absolute Gasteiger partial charge is 0.416 e. The molecule has 0 radical (unpaired) electrons. The Morgan fingerprint density at radius 3 is 2.23 bits per heavy atom. The molecule has 4 heteroatoms. The van der Waals surface area contributed by atoms with Crippen molar-refractivity contribution in [2.24, 2.45) is 0 Å². The summed E-state index contributed by atoms with van der Waals surface area (Å²) in [5.74, 6) is -0.912. The van der Waals surface area contributed by atoms with Gasteiger partial charge in [0, 0.05) is 0 Å². The molecular weight excluding hydrogens is 184 g/mol. The van der Waals surface area contributed by atoms with Crippen LogP contribution in [0.5, 0.6) is 0 Å². The second kappa shape index (κ2) is 3.20. The van der Waals surface area contributed by atoms with Crippen LogP contribution in [0.2, 0.25) is 0 Å². The van der Waals surface area contributed by atoms with Crippen LogP contribution in [-0.2, 0) is 6.18 Å². The van der Waals surface area contributed by atoms with Crippen molar-refractivity contribution in [2.45, 2.75) is 6.18 Å². The summed E-state index contributed by atoms with van der Waals surface area (Å²) in [7, 11) is 0. The fourth-order valence-electron chi connectivity index (χ4n) is 0.894. The number of hydrogen-bond donors (Lipinski definition) is 0. The molecule has 0 N–H and O–H groups in total.